The van der Waals surface area contributed by atoms with Crippen LogP contribution in [0.5, 0.6) is 0 Å². The van der Waals surface area contributed by atoms with Gasteiger partial charge in [-0.15, -0.1) is 0 Å². The summed E-state index contributed by atoms with van der Waals surface area (Å²) >= 11 is 0. The summed E-state index contributed by atoms with van der Waals surface area (Å²) in [5.74, 6) is 0.575. The highest BCUT2D eigenvalue weighted by atomic mass is 16.3. The van der Waals surface area contributed by atoms with Crippen LogP contribution in [0.15, 0.2) is 42.7 Å². The predicted molar refractivity (Wildman–Crippen MR) is 83.9 cm³/mol. The summed E-state index contributed by atoms with van der Waals surface area (Å²) in [7, 11) is 0. The van der Waals surface area contributed by atoms with Gasteiger partial charge in [0.05, 0.1) is 6.10 Å². The quantitative estimate of drug-likeness (QED) is 0.822. The van der Waals surface area contributed by atoms with Crippen LogP contribution in [0.3, 0.4) is 0 Å². The van der Waals surface area contributed by atoms with E-state index in [1.54, 1.807) is 0 Å². The van der Waals surface area contributed by atoms with Crippen molar-refractivity contribution in [1.82, 2.24) is 4.57 Å². The van der Waals surface area contributed by atoms with Gasteiger partial charge in [-0.2, -0.15) is 0 Å². The molecule has 0 aliphatic rings. The van der Waals surface area contributed by atoms with Crippen LogP contribution in [0.4, 0.5) is 0 Å². The molecule has 1 N–H and O–H groups in total. The van der Waals surface area contributed by atoms with Crippen molar-refractivity contribution in [2.45, 2.75) is 52.2 Å². The van der Waals surface area contributed by atoms with Crippen LogP contribution in [0.1, 0.15) is 62.3 Å². The lowest BCUT2D eigenvalue weighted by Gasteiger charge is -2.08. The first-order valence-electron chi connectivity index (χ1n) is 7.52. The summed E-state index contributed by atoms with van der Waals surface area (Å²) in [6.07, 6.45) is 5.60. The van der Waals surface area contributed by atoms with Gasteiger partial charge in [0.2, 0.25) is 0 Å². The third-order valence-corrected chi connectivity index (χ3v) is 3.73. The average molecular weight is 271 g/mol. The van der Waals surface area contributed by atoms with Crippen LogP contribution < -0.4 is 0 Å². The molecule has 1 heterocycles. The van der Waals surface area contributed by atoms with Crippen molar-refractivity contribution < 1.29 is 5.11 Å². The molecule has 0 fully saturated rings. The number of aliphatic hydroxyl groups excluding tert-OH is 1. The van der Waals surface area contributed by atoms with E-state index < -0.39 is 0 Å². The van der Waals surface area contributed by atoms with Crippen molar-refractivity contribution in [2.24, 2.45) is 0 Å². The van der Waals surface area contributed by atoms with Gasteiger partial charge in [-0.1, -0.05) is 51.5 Å². The molecule has 1 aromatic heterocycles. The third-order valence-electron chi connectivity index (χ3n) is 3.73. The summed E-state index contributed by atoms with van der Waals surface area (Å²) < 4.78 is 2.14. The molecular weight excluding hydrogens is 246 g/mol. The first-order valence-corrected chi connectivity index (χ1v) is 7.52. The second-order valence-corrected chi connectivity index (χ2v) is 5.82. The van der Waals surface area contributed by atoms with E-state index in [0.29, 0.717) is 5.92 Å². The monoisotopic (exact) mass is 271 g/mol. The van der Waals surface area contributed by atoms with Gasteiger partial charge >= 0.3 is 0 Å². The van der Waals surface area contributed by atoms with E-state index in [-0.39, 0.29) is 6.10 Å². The van der Waals surface area contributed by atoms with Gasteiger partial charge in [0.25, 0.3) is 0 Å². The van der Waals surface area contributed by atoms with Crippen molar-refractivity contribution >= 4 is 0 Å². The molecule has 0 aliphatic heterocycles. The number of rotatable bonds is 6. The van der Waals surface area contributed by atoms with Crippen molar-refractivity contribution in [2.75, 3.05) is 0 Å². The van der Waals surface area contributed by atoms with Gasteiger partial charge in [-0.05, 0) is 35.1 Å². The normalized spacial score (nSPS) is 12.8. The smallest absolute Gasteiger partial charge is 0.0804 e. The van der Waals surface area contributed by atoms with Gasteiger partial charge in [-0.25, -0.2) is 0 Å². The van der Waals surface area contributed by atoms with Gasteiger partial charge in [0.1, 0.15) is 0 Å². The van der Waals surface area contributed by atoms with E-state index in [4.69, 9.17) is 0 Å². The van der Waals surface area contributed by atoms with Crippen LogP contribution in [0, 0.1) is 0 Å². The molecule has 0 amide bonds. The second-order valence-electron chi connectivity index (χ2n) is 5.82. The first-order chi connectivity index (χ1) is 9.60. The fraction of sp³-hybridized carbons (Fsp3) is 0.444. The molecule has 2 rings (SSSR count). The van der Waals surface area contributed by atoms with Crippen LogP contribution in [0.25, 0.3) is 0 Å². The minimum Gasteiger partial charge on any atom is -0.388 e. The number of aliphatic hydroxyl groups is 1. The number of benzene rings is 1. The zero-order chi connectivity index (χ0) is 14.5. The van der Waals surface area contributed by atoms with E-state index in [0.717, 1.165) is 24.9 Å². The Kier molecular flexibility index (Phi) is 5.02. The van der Waals surface area contributed by atoms with E-state index >= 15 is 0 Å². The highest BCUT2D eigenvalue weighted by molar-refractivity contribution is 5.25. The summed E-state index contributed by atoms with van der Waals surface area (Å²) in [5.41, 5.74) is 3.69. The largest absolute Gasteiger partial charge is 0.388 e. The molecule has 20 heavy (non-hydrogen) atoms. The van der Waals surface area contributed by atoms with E-state index in [9.17, 15) is 5.11 Å². The first kappa shape index (κ1) is 14.9. The Morgan fingerprint density at radius 1 is 1.05 bits per heavy atom. The van der Waals surface area contributed by atoms with E-state index in [1.165, 1.54) is 11.1 Å². The molecule has 2 aromatic rings. The maximum absolute atomic E-state index is 9.98. The van der Waals surface area contributed by atoms with Crippen molar-refractivity contribution in [3.8, 4) is 0 Å². The Hall–Kier alpha value is -1.54. The predicted octanol–water partition coefficient (Wildman–Crippen LogP) is 4.49. The lowest BCUT2D eigenvalue weighted by molar-refractivity contribution is 0.166. The fourth-order valence-electron chi connectivity index (χ4n) is 2.41. The van der Waals surface area contributed by atoms with Crippen LogP contribution in [-0.4, -0.2) is 9.67 Å². The SMILES string of the molecule is CCCC(O)c1ccn(Cc2ccc(C(C)C)cc2)c1. The standard InChI is InChI=1S/C18H25NO/c1-4-5-18(20)17-10-11-19(13-17)12-15-6-8-16(9-7-15)14(2)3/h6-11,13-14,18,20H,4-5,12H2,1-3H3. The topological polar surface area (TPSA) is 25.2 Å². The molecule has 0 spiro atoms. The lowest BCUT2D eigenvalue weighted by Crippen LogP contribution is -1.98. The third kappa shape index (κ3) is 3.73. The van der Waals surface area contributed by atoms with Crippen molar-refractivity contribution in [3.05, 3.63) is 59.4 Å². The van der Waals surface area contributed by atoms with Gasteiger partial charge < -0.3 is 9.67 Å². The highest BCUT2D eigenvalue weighted by Crippen LogP contribution is 2.19. The molecule has 2 heteroatoms. The maximum atomic E-state index is 9.98. The van der Waals surface area contributed by atoms with Crippen molar-refractivity contribution in [3.63, 3.8) is 0 Å². The Bertz CT molecular complexity index is 525. The van der Waals surface area contributed by atoms with Crippen LogP contribution >= 0.6 is 0 Å². The van der Waals surface area contributed by atoms with Crippen molar-refractivity contribution in [1.29, 1.82) is 0 Å². The number of nitrogens with zero attached hydrogens (tertiary/aromatic N) is 1. The minimum atomic E-state index is -0.329. The number of hydrogen-bond acceptors (Lipinski definition) is 1. The summed E-state index contributed by atoms with van der Waals surface area (Å²) in [5, 5.41) is 9.98. The molecular formula is C18H25NO. The Balaban J connectivity index is 2.03. The molecule has 0 radical (unpaired) electrons. The van der Waals surface area contributed by atoms with Gasteiger partial charge in [-0.3, -0.25) is 0 Å². The van der Waals surface area contributed by atoms with E-state index in [1.807, 2.05) is 12.3 Å². The van der Waals surface area contributed by atoms with Crippen LogP contribution in [-0.2, 0) is 6.54 Å². The molecule has 1 aromatic carbocycles. The highest BCUT2D eigenvalue weighted by Gasteiger charge is 2.08. The number of aromatic nitrogens is 1. The molecule has 0 saturated carbocycles. The van der Waals surface area contributed by atoms with E-state index in [2.05, 4.69) is 55.8 Å². The molecule has 1 atom stereocenters. The molecule has 1 unspecified atom stereocenters. The second kappa shape index (κ2) is 6.76. The fourth-order valence-corrected chi connectivity index (χ4v) is 2.41. The van der Waals surface area contributed by atoms with Gasteiger partial charge in [0, 0.05) is 18.9 Å². The summed E-state index contributed by atoms with van der Waals surface area (Å²) in [6.45, 7) is 7.37. The molecule has 0 saturated heterocycles. The zero-order valence-corrected chi connectivity index (χ0v) is 12.7. The zero-order valence-electron chi connectivity index (χ0n) is 12.7. The molecule has 108 valence electrons. The summed E-state index contributed by atoms with van der Waals surface area (Å²) in [6, 6.07) is 10.8. The maximum Gasteiger partial charge on any atom is 0.0804 e. The van der Waals surface area contributed by atoms with Gasteiger partial charge in [0.15, 0.2) is 0 Å². The number of hydrogen-bond donors (Lipinski definition) is 1. The average Bonchev–Trinajstić information content (AvgIpc) is 2.88. The minimum absolute atomic E-state index is 0.329. The Morgan fingerprint density at radius 3 is 2.35 bits per heavy atom. The lowest BCUT2D eigenvalue weighted by atomic mass is 10.0. The molecule has 2 nitrogen and oxygen atoms in total. The molecule has 0 bridgehead atoms. The Morgan fingerprint density at radius 2 is 1.75 bits per heavy atom. The molecule has 0 aliphatic carbocycles. The summed E-state index contributed by atoms with van der Waals surface area (Å²) in [4.78, 5) is 0. The Labute approximate surface area is 122 Å². The van der Waals surface area contributed by atoms with Crippen LogP contribution in [0.2, 0.25) is 0 Å².